The molecule has 0 spiro atoms. The van der Waals surface area contributed by atoms with Gasteiger partial charge >= 0.3 is 0 Å². The van der Waals surface area contributed by atoms with Crippen LogP contribution >= 0.6 is 0 Å². The van der Waals surface area contributed by atoms with Crippen LogP contribution in [-0.2, 0) is 6.54 Å². The van der Waals surface area contributed by atoms with Gasteiger partial charge in [0.2, 0.25) is 0 Å². The molecule has 0 saturated heterocycles. The summed E-state index contributed by atoms with van der Waals surface area (Å²) in [6, 6.07) is 12.2. The highest BCUT2D eigenvalue weighted by molar-refractivity contribution is 5.74. The Morgan fingerprint density at radius 1 is 1.12 bits per heavy atom. The number of aryl methyl sites for hydroxylation is 3. The predicted octanol–water partition coefficient (Wildman–Crippen LogP) is 5.37. The van der Waals surface area contributed by atoms with E-state index >= 15 is 0 Å². The Kier molecular flexibility index (Phi) is 5.55. The Hall–Kier alpha value is -2.99. The summed E-state index contributed by atoms with van der Waals surface area (Å²) in [5, 5.41) is 12.4. The molecule has 5 rings (SSSR count). The Morgan fingerprint density at radius 3 is 2.75 bits per heavy atom. The van der Waals surface area contributed by atoms with Crippen LogP contribution in [0.2, 0.25) is 0 Å². The Labute approximate surface area is 188 Å². The van der Waals surface area contributed by atoms with Crippen LogP contribution in [0.4, 0.5) is 10.1 Å². The Bertz CT molecular complexity index is 1180. The molecule has 6 heteroatoms. The number of anilines is 1. The van der Waals surface area contributed by atoms with Crippen molar-refractivity contribution in [1.29, 1.82) is 0 Å². The van der Waals surface area contributed by atoms with Crippen LogP contribution in [0, 0.1) is 19.7 Å². The maximum absolute atomic E-state index is 13.8. The van der Waals surface area contributed by atoms with E-state index in [-0.39, 0.29) is 11.9 Å². The summed E-state index contributed by atoms with van der Waals surface area (Å²) in [5.41, 5.74) is 8.79. The van der Waals surface area contributed by atoms with Gasteiger partial charge in [-0.05, 0) is 79.8 Å². The second kappa shape index (κ2) is 8.51. The first kappa shape index (κ1) is 20.9. The molecule has 0 amide bonds. The molecule has 5 nitrogen and oxygen atoms in total. The second-order valence-electron chi connectivity index (χ2n) is 8.87. The quantitative estimate of drug-likeness (QED) is 0.604. The number of nitrogens with one attached hydrogen (secondary N) is 1. The van der Waals surface area contributed by atoms with Gasteiger partial charge in [0.05, 0.1) is 17.4 Å². The zero-order valence-electron chi connectivity index (χ0n) is 19.0. The van der Waals surface area contributed by atoms with Gasteiger partial charge in [-0.2, -0.15) is 0 Å². The normalized spacial score (nSPS) is 18.5. The molecule has 0 fully saturated rings. The number of rotatable bonds is 4. The summed E-state index contributed by atoms with van der Waals surface area (Å²) in [5.74, 6) is -0.175. The molecule has 0 saturated carbocycles. The van der Waals surface area contributed by atoms with Gasteiger partial charge in [-0.3, -0.25) is 4.90 Å². The summed E-state index contributed by atoms with van der Waals surface area (Å²) < 4.78 is 15.8. The van der Waals surface area contributed by atoms with Crippen molar-refractivity contribution in [2.45, 2.75) is 46.2 Å². The molecule has 3 heterocycles. The molecule has 0 aliphatic carbocycles. The number of hydrogen-bond donors (Lipinski definition) is 1. The van der Waals surface area contributed by atoms with Gasteiger partial charge in [0.15, 0.2) is 0 Å². The predicted molar refractivity (Wildman–Crippen MR) is 127 cm³/mol. The summed E-state index contributed by atoms with van der Waals surface area (Å²) >= 11 is 0. The molecule has 1 N–H and O–H groups in total. The molecule has 2 aliphatic rings. The lowest BCUT2D eigenvalue weighted by atomic mass is 9.90. The van der Waals surface area contributed by atoms with Crippen LogP contribution in [0.3, 0.4) is 0 Å². The van der Waals surface area contributed by atoms with Crippen LogP contribution in [0.15, 0.2) is 42.5 Å². The SMILES string of the molecule is CCN1CC=C(c2ccc3c(c2)C(Nc2ccc(F)c(C)c2)CCn2nnc(C)c2-3)CC1. The zero-order valence-corrected chi connectivity index (χ0v) is 19.0. The number of likely N-dealkylation sites (N-methyl/N-ethyl adjacent to an activating group) is 1. The minimum atomic E-state index is -0.175. The summed E-state index contributed by atoms with van der Waals surface area (Å²) in [6.07, 6.45) is 4.32. The van der Waals surface area contributed by atoms with Crippen LogP contribution in [0.5, 0.6) is 0 Å². The molecular formula is C26H30FN5. The summed E-state index contributed by atoms with van der Waals surface area (Å²) in [7, 11) is 0. The molecule has 1 aromatic heterocycles. The van der Waals surface area contributed by atoms with Crippen molar-refractivity contribution < 1.29 is 4.39 Å². The molecule has 1 atom stereocenters. The van der Waals surface area contributed by atoms with Gasteiger partial charge in [0.1, 0.15) is 5.82 Å². The largest absolute Gasteiger partial charge is 0.378 e. The standard InChI is InChI=1S/C26H30FN5/c1-4-31-12-9-19(10-13-31)20-5-7-22-23(16-20)25(11-14-32-26(22)18(3)29-30-32)28-21-6-8-24(27)17(2)15-21/h5-9,15-16,25,28H,4,10-14H2,1-3H3. The van der Waals surface area contributed by atoms with Crippen LogP contribution in [-0.4, -0.2) is 39.5 Å². The fourth-order valence-electron chi connectivity index (χ4n) is 4.91. The van der Waals surface area contributed by atoms with Crippen molar-refractivity contribution in [3.05, 3.63) is 70.7 Å². The minimum Gasteiger partial charge on any atom is -0.378 e. The molecule has 166 valence electrons. The average molecular weight is 432 g/mol. The van der Waals surface area contributed by atoms with Crippen LogP contribution in [0.25, 0.3) is 16.8 Å². The molecule has 32 heavy (non-hydrogen) atoms. The van der Waals surface area contributed by atoms with Gasteiger partial charge in [-0.1, -0.05) is 30.3 Å². The number of aromatic nitrogens is 3. The van der Waals surface area contributed by atoms with Crippen molar-refractivity contribution in [2.24, 2.45) is 0 Å². The number of nitrogens with zero attached hydrogens (tertiary/aromatic N) is 4. The molecule has 2 aliphatic heterocycles. The van der Waals surface area contributed by atoms with Gasteiger partial charge in [-0.25, -0.2) is 9.07 Å². The van der Waals surface area contributed by atoms with Crippen molar-refractivity contribution >= 4 is 11.3 Å². The number of hydrogen-bond acceptors (Lipinski definition) is 4. The molecular weight excluding hydrogens is 401 g/mol. The monoisotopic (exact) mass is 431 g/mol. The van der Waals surface area contributed by atoms with E-state index in [0.717, 1.165) is 56.1 Å². The smallest absolute Gasteiger partial charge is 0.126 e. The maximum atomic E-state index is 13.8. The van der Waals surface area contributed by atoms with E-state index in [9.17, 15) is 4.39 Å². The first-order chi connectivity index (χ1) is 15.5. The minimum absolute atomic E-state index is 0.104. The van der Waals surface area contributed by atoms with E-state index in [2.05, 4.69) is 51.7 Å². The average Bonchev–Trinajstić information content (AvgIpc) is 3.10. The van der Waals surface area contributed by atoms with Crippen molar-refractivity contribution in [2.75, 3.05) is 25.0 Å². The molecule has 1 unspecified atom stereocenters. The third kappa shape index (κ3) is 3.84. The van der Waals surface area contributed by atoms with Crippen molar-refractivity contribution in [3.8, 4) is 11.3 Å². The lowest BCUT2D eigenvalue weighted by molar-refractivity contribution is 0.319. The molecule has 0 radical (unpaired) electrons. The highest BCUT2D eigenvalue weighted by Crippen LogP contribution is 2.39. The van der Waals surface area contributed by atoms with E-state index in [0.29, 0.717) is 5.56 Å². The van der Waals surface area contributed by atoms with Crippen LogP contribution < -0.4 is 5.32 Å². The fourth-order valence-corrected chi connectivity index (χ4v) is 4.91. The van der Waals surface area contributed by atoms with E-state index in [1.54, 1.807) is 6.92 Å². The second-order valence-corrected chi connectivity index (χ2v) is 8.87. The molecule has 0 bridgehead atoms. The summed E-state index contributed by atoms with van der Waals surface area (Å²) in [6.45, 7) is 10.0. The number of fused-ring (bicyclic) bond motifs is 3. The highest BCUT2D eigenvalue weighted by atomic mass is 19.1. The lowest BCUT2D eigenvalue weighted by Crippen LogP contribution is -2.28. The van der Waals surface area contributed by atoms with Crippen molar-refractivity contribution in [3.63, 3.8) is 0 Å². The number of halogens is 1. The number of benzene rings is 2. The third-order valence-corrected chi connectivity index (χ3v) is 6.83. The third-order valence-electron chi connectivity index (χ3n) is 6.83. The van der Waals surface area contributed by atoms with E-state index < -0.39 is 0 Å². The van der Waals surface area contributed by atoms with Gasteiger partial charge in [0.25, 0.3) is 0 Å². The van der Waals surface area contributed by atoms with Gasteiger partial charge in [-0.15, -0.1) is 5.10 Å². The Balaban J connectivity index is 1.56. The summed E-state index contributed by atoms with van der Waals surface area (Å²) in [4.78, 5) is 2.46. The van der Waals surface area contributed by atoms with Crippen LogP contribution in [0.1, 0.15) is 48.2 Å². The van der Waals surface area contributed by atoms with Crippen molar-refractivity contribution in [1.82, 2.24) is 19.9 Å². The van der Waals surface area contributed by atoms with E-state index in [4.69, 9.17) is 0 Å². The highest BCUT2D eigenvalue weighted by Gasteiger charge is 2.26. The fraction of sp³-hybridized carbons (Fsp3) is 0.385. The Morgan fingerprint density at radius 2 is 2.00 bits per heavy atom. The molecule has 2 aromatic carbocycles. The van der Waals surface area contributed by atoms with E-state index in [1.807, 2.05) is 23.7 Å². The topological polar surface area (TPSA) is 46.0 Å². The van der Waals surface area contributed by atoms with E-state index in [1.165, 1.54) is 28.3 Å². The lowest BCUT2D eigenvalue weighted by Gasteiger charge is -2.26. The first-order valence-corrected chi connectivity index (χ1v) is 11.5. The van der Waals surface area contributed by atoms with Gasteiger partial charge in [0, 0.05) is 30.9 Å². The maximum Gasteiger partial charge on any atom is 0.126 e. The zero-order chi connectivity index (χ0) is 22.2. The molecule has 3 aromatic rings. The van der Waals surface area contributed by atoms with Gasteiger partial charge < -0.3 is 5.32 Å². The first-order valence-electron chi connectivity index (χ1n) is 11.5.